The van der Waals surface area contributed by atoms with Crippen LogP contribution in [0.25, 0.3) is 0 Å². The zero-order valence-electron chi connectivity index (χ0n) is 7.29. The average Bonchev–Trinajstić information content (AvgIpc) is 2.32. The molecule has 0 saturated heterocycles. The fourth-order valence-electron chi connectivity index (χ4n) is 0.712. The molecule has 0 N–H and O–H groups in total. The lowest BCUT2D eigenvalue weighted by Crippen LogP contribution is -2.22. The smallest absolute Gasteiger partial charge is 0.241 e. The highest BCUT2D eigenvalue weighted by atomic mass is 28.4. The molecule has 60 valence electrons. The van der Waals surface area contributed by atoms with Gasteiger partial charge in [0.05, 0.1) is 6.26 Å². The zero-order chi connectivity index (χ0) is 8.32. The molecule has 0 bridgehead atoms. The summed E-state index contributed by atoms with van der Waals surface area (Å²) in [5, 5.41) is 0. The SMILES string of the molecule is C[Si](C)(C)OC=C1C=CC=C1. The Morgan fingerprint density at radius 2 is 1.73 bits per heavy atom. The van der Waals surface area contributed by atoms with E-state index in [1.807, 2.05) is 30.6 Å². The van der Waals surface area contributed by atoms with Crippen molar-refractivity contribution in [3.05, 3.63) is 36.1 Å². The first-order valence-electron chi connectivity index (χ1n) is 3.81. The number of rotatable bonds is 2. The molecule has 0 atom stereocenters. The topological polar surface area (TPSA) is 9.23 Å². The highest BCUT2D eigenvalue weighted by Crippen LogP contribution is 2.10. The van der Waals surface area contributed by atoms with Crippen LogP contribution in [0, 0.1) is 0 Å². The third-order valence-electron chi connectivity index (χ3n) is 1.24. The van der Waals surface area contributed by atoms with Crippen LogP contribution in [-0.4, -0.2) is 8.32 Å². The normalized spacial score (nSPS) is 15.7. The van der Waals surface area contributed by atoms with Crippen molar-refractivity contribution in [2.24, 2.45) is 0 Å². The summed E-state index contributed by atoms with van der Waals surface area (Å²) < 4.78 is 5.59. The molecule has 1 nitrogen and oxygen atoms in total. The summed E-state index contributed by atoms with van der Waals surface area (Å²) in [6, 6.07) is 0. The molecule has 0 spiro atoms. The Hall–Kier alpha value is -0.763. The first-order valence-corrected chi connectivity index (χ1v) is 7.21. The summed E-state index contributed by atoms with van der Waals surface area (Å²) in [6.45, 7) is 6.52. The molecular formula is C9H14OSi. The predicted octanol–water partition coefficient (Wildman–Crippen LogP) is 2.85. The molecule has 0 aromatic heterocycles. The monoisotopic (exact) mass is 166 g/mol. The molecule has 2 heteroatoms. The van der Waals surface area contributed by atoms with Gasteiger partial charge in [0.15, 0.2) is 0 Å². The van der Waals surface area contributed by atoms with Gasteiger partial charge >= 0.3 is 0 Å². The van der Waals surface area contributed by atoms with E-state index in [0.29, 0.717) is 0 Å². The number of allylic oxidation sites excluding steroid dienone is 5. The van der Waals surface area contributed by atoms with Crippen LogP contribution in [0.2, 0.25) is 19.6 Å². The quantitative estimate of drug-likeness (QED) is 0.453. The fraction of sp³-hybridized carbons (Fsp3) is 0.333. The van der Waals surface area contributed by atoms with Gasteiger partial charge in [0, 0.05) is 5.57 Å². The molecule has 1 rings (SSSR count). The van der Waals surface area contributed by atoms with Crippen molar-refractivity contribution < 1.29 is 4.43 Å². The third-order valence-corrected chi connectivity index (χ3v) is 2.06. The summed E-state index contributed by atoms with van der Waals surface area (Å²) in [4.78, 5) is 0. The lowest BCUT2D eigenvalue weighted by atomic mass is 10.3. The first kappa shape index (κ1) is 8.33. The predicted molar refractivity (Wildman–Crippen MR) is 50.8 cm³/mol. The van der Waals surface area contributed by atoms with Gasteiger partial charge < -0.3 is 4.43 Å². The lowest BCUT2D eigenvalue weighted by Gasteiger charge is -2.15. The Labute approximate surface area is 69.2 Å². The van der Waals surface area contributed by atoms with Crippen molar-refractivity contribution in [2.75, 3.05) is 0 Å². The van der Waals surface area contributed by atoms with E-state index >= 15 is 0 Å². The lowest BCUT2D eigenvalue weighted by molar-refractivity contribution is 0.477. The van der Waals surface area contributed by atoms with Gasteiger partial charge in [0.1, 0.15) is 0 Å². The van der Waals surface area contributed by atoms with Crippen molar-refractivity contribution in [3.8, 4) is 0 Å². The Morgan fingerprint density at radius 3 is 2.18 bits per heavy atom. The standard InChI is InChI=1S/C9H14OSi/c1-11(2,3)10-8-9-6-4-5-7-9/h4-8H,1-3H3. The van der Waals surface area contributed by atoms with Gasteiger partial charge in [-0.15, -0.1) is 0 Å². The van der Waals surface area contributed by atoms with Gasteiger partial charge in [-0.05, 0) is 19.6 Å². The van der Waals surface area contributed by atoms with Crippen LogP contribution in [0.15, 0.2) is 36.1 Å². The van der Waals surface area contributed by atoms with E-state index in [1.54, 1.807) is 0 Å². The Bertz CT molecular complexity index is 204. The Morgan fingerprint density at radius 1 is 1.18 bits per heavy atom. The maximum absolute atomic E-state index is 5.59. The van der Waals surface area contributed by atoms with Crippen LogP contribution in [-0.2, 0) is 4.43 Å². The van der Waals surface area contributed by atoms with Gasteiger partial charge in [0.25, 0.3) is 0 Å². The van der Waals surface area contributed by atoms with Gasteiger partial charge in [-0.3, -0.25) is 0 Å². The molecule has 0 aromatic rings. The van der Waals surface area contributed by atoms with Gasteiger partial charge in [-0.25, -0.2) is 0 Å². The van der Waals surface area contributed by atoms with E-state index in [2.05, 4.69) is 19.6 Å². The average molecular weight is 166 g/mol. The second-order valence-corrected chi connectivity index (χ2v) is 8.03. The van der Waals surface area contributed by atoms with Gasteiger partial charge in [0.2, 0.25) is 8.32 Å². The van der Waals surface area contributed by atoms with Crippen LogP contribution >= 0.6 is 0 Å². The van der Waals surface area contributed by atoms with Crippen molar-refractivity contribution in [2.45, 2.75) is 19.6 Å². The summed E-state index contributed by atoms with van der Waals surface area (Å²) in [6.07, 6.45) is 9.96. The van der Waals surface area contributed by atoms with Crippen LogP contribution < -0.4 is 0 Å². The van der Waals surface area contributed by atoms with E-state index in [-0.39, 0.29) is 0 Å². The molecule has 0 aliphatic heterocycles. The number of hydrogen-bond donors (Lipinski definition) is 0. The van der Waals surface area contributed by atoms with Crippen molar-refractivity contribution in [1.29, 1.82) is 0 Å². The minimum absolute atomic E-state index is 1.16. The van der Waals surface area contributed by atoms with Crippen molar-refractivity contribution in [1.82, 2.24) is 0 Å². The van der Waals surface area contributed by atoms with E-state index < -0.39 is 8.32 Å². The number of hydrogen-bond acceptors (Lipinski definition) is 1. The zero-order valence-corrected chi connectivity index (χ0v) is 8.29. The Balaban J connectivity index is 2.48. The molecule has 11 heavy (non-hydrogen) atoms. The minimum Gasteiger partial charge on any atom is -0.549 e. The van der Waals surface area contributed by atoms with Crippen molar-refractivity contribution in [3.63, 3.8) is 0 Å². The molecule has 0 radical (unpaired) electrons. The second-order valence-electron chi connectivity index (χ2n) is 3.57. The molecule has 0 amide bonds. The van der Waals surface area contributed by atoms with E-state index in [9.17, 15) is 0 Å². The van der Waals surface area contributed by atoms with Gasteiger partial charge in [-0.1, -0.05) is 24.3 Å². The molecular weight excluding hydrogens is 152 g/mol. The maximum Gasteiger partial charge on any atom is 0.241 e. The van der Waals surface area contributed by atoms with Crippen LogP contribution in [0.1, 0.15) is 0 Å². The largest absolute Gasteiger partial charge is 0.549 e. The molecule has 0 fully saturated rings. The highest BCUT2D eigenvalue weighted by Gasteiger charge is 2.13. The summed E-state index contributed by atoms with van der Waals surface area (Å²) in [5.74, 6) is 0. The molecule has 0 unspecified atom stereocenters. The second kappa shape index (κ2) is 3.09. The Kier molecular flexibility index (Phi) is 2.34. The third kappa shape index (κ3) is 3.23. The molecule has 0 saturated carbocycles. The summed E-state index contributed by atoms with van der Waals surface area (Å²) >= 11 is 0. The molecule has 0 heterocycles. The maximum atomic E-state index is 5.59. The summed E-state index contributed by atoms with van der Waals surface area (Å²) in [7, 11) is -1.37. The summed E-state index contributed by atoms with van der Waals surface area (Å²) in [5.41, 5.74) is 1.16. The van der Waals surface area contributed by atoms with E-state index in [1.165, 1.54) is 0 Å². The fourth-order valence-corrected chi connectivity index (χ4v) is 1.20. The van der Waals surface area contributed by atoms with Crippen molar-refractivity contribution >= 4 is 8.32 Å². The first-order chi connectivity index (χ1) is 5.08. The van der Waals surface area contributed by atoms with E-state index in [0.717, 1.165) is 5.57 Å². The molecule has 1 aliphatic carbocycles. The van der Waals surface area contributed by atoms with E-state index in [4.69, 9.17) is 4.43 Å². The van der Waals surface area contributed by atoms with Crippen LogP contribution in [0.3, 0.4) is 0 Å². The molecule has 0 aromatic carbocycles. The van der Waals surface area contributed by atoms with Gasteiger partial charge in [-0.2, -0.15) is 0 Å². The minimum atomic E-state index is -1.37. The molecule has 1 aliphatic rings. The highest BCUT2D eigenvalue weighted by molar-refractivity contribution is 6.69. The van der Waals surface area contributed by atoms with Crippen LogP contribution in [0.4, 0.5) is 0 Å². The van der Waals surface area contributed by atoms with Crippen LogP contribution in [0.5, 0.6) is 0 Å².